The van der Waals surface area contributed by atoms with Gasteiger partial charge in [0.05, 0.1) is 11.7 Å². The van der Waals surface area contributed by atoms with Crippen LogP contribution >= 0.6 is 11.3 Å². The van der Waals surface area contributed by atoms with E-state index in [2.05, 4.69) is 51.5 Å². The van der Waals surface area contributed by atoms with Gasteiger partial charge in [-0.05, 0) is 50.2 Å². The first kappa shape index (κ1) is 16.6. The molecule has 2 unspecified atom stereocenters. The number of nitrogens with zero attached hydrogens (tertiary/aromatic N) is 3. The Bertz CT molecular complexity index is 564. The number of hydrogen-bond acceptors (Lipinski definition) is 5. The van der Waals surface area contributed by atoms with Gasteiger partial charge < -0.3 is 5.32 Å². The Balaban J connectivity index is 1.65. The summed E-state index contributed by atoms with van der Waals surface area (Å²) in [6.07, 6.45) is 7.94. The molecule has 3 rings (SSSR count). The van der Waals surface area contributed by atoms with E-state index in [1.54, 1.807) is 12.4 Å². The lowest BCUT2D eigenvalue weighted by molar-refractivity contribution is 0.135. The first-order valence-electron chi connectivity index (χ1n) is 8.51. The highest BCUT2D eigenvalue weighted by Gasteiger charge is 2.25. The molecule has 5 heteroatoms. The normalized spacial score (nSPS) is 19.6. The molecular formula is C18H26N4S. The lowest BCUT2D eigenvalue weighted by atomic mass is 9.97. The number of aromatic nitrogens is 2. The summed E-state index contributed by atoms with van der Waals surface area (Å²) in [6, 6.07) is 5.10. The minimum absolute atomic E-state index is 0.217. The van der Waals surface area contributed by atoms with Gasteiger partial charge in [0.15, 0.2) is 0 Å². The van der Waals surface area contributed by atoms with Gasteiger partial charge in [0, 0.05) is 36.1 Å². The van der Waals surface area contributed by atoms with Gasteiger partial charge in [-0.25, -0.2) is 0 Å². The predicted octanol–water partition coefficient (Wildman–Crippen LogP) is 3.66. The summed E-state index contributed by atoms with van der Waals surface area (Å²) in [5.74, 6) is 0.863. The van der Waals surface area contributed by atoms with E-state index in [-0.39, 0.29) is 6.04 Å². The van der Waals surface area contributed by atoms with Crippen molar-refractivity contribution in [3.05, 3.63) is 46.7 Å². The highest BCUT2D eigenvalue weighted by atomic mass is 32.1. The molecule has 4 nitrogen and oxygen atoms in total. The van der Waals surface area contributed by atoms with Crippen molar-refractivity contribution in [3.63, 3.8) is 0 Å². The third kappa shape index (κ3) is 4.37. The van der Waals surface area contributed by atoms with Crippen molar-refractivity contribution in [2.75, 3.05) is 19.6 Å². The van der Waals surface area contributed by atoms with E-state index >= 15 is 0 Å². The molecule has 0 bridgehead atoms. The molecule has 2 aromatic rings. The van der Waals surface area contributed by atoms with Crippen molar-refractivity contribution in [2.45, 2.75) is 38.8 Å². The minimum Gasteiger partial charge on any atom is -0.307 e. The fraction of sp³-hybridized carbons (Fsp3) is 0.556. The molecule has 0 aliphatic carbocycles. The summed E-state index contributed by atoms with van der Waals surface area (Å²) >= 11 is 1.86. The van der Waals surface area contributed by atoms with Crippen molar-refractivity contribution in [2.24, 2.45) is 5.92 Å². The molecule has 2 aromatic heterocycles. The molecule has 23 heavy (non-hydrogen) atoms. The van der Waals surface area contributed by atoms with Crippen LogP contribution in [0.3, 0.4) is 0 Å². The van der Waals surface area contributed by atoms with Crippen molar-refractivity contribution in [3.8, 4) is 0 Å². The summed E-state index contributed by atoms with van der Waals surface area (Å²) in [5, 5.41) is 5.84. The van der Waals surface area contributed by atoms with Crippen LogP contribution in [-0.2, 0) is 0 Å². The Morgan fingerprint density at radius 2 is 2.17 bits per heavy atom. The van der Waals surface area contributed by atoms with E-state index in [9.17, 15) is 0 Å². The molecule has 0 amide bonds. The van der Waals surface area contributed by atoms with Gasteiger partial charge in [0.1, 0.15) is 0 Å². The Kier molecular flexibility index (Phi) is 5.75. The van der Waals surface area contributed by atoms with E-state index in [0.29, 0.717) is 6.04 Å². The van der Waals surface area contributed by atoms with Crippen LogP contribution in [0.4, 0.5) is 0 Å². The van der Waals surface area contributed by atoms with Crippen LogP contribution in [0.2, 0.25) is 0 Å². The fourth-order valence-electron chi connectivity index (χ4n) is 3.16. The number of hydrogen-bond donors (Lipinski definition) is 1. The predicted molar refractivity (Wildman–Crippen MR) is 95.5 cm³/mol. The SMILES string of the molecule is CC1CCN(C(CNC(C)c2cnccn2)c2cccs2)CC1. The smallest absolute Gasteiger partial charge is 0.0753 e. The van der Waals surface area contributed by atoms with Crippen molar-refractivity contribution in [1.29, 1.82) is 0 Å². The number of piperidine rings is 1. The van der Waals surface area contributed by atoms with Gasteiger partial charge >= 0.3 is 0 Å². The second kappa shape index (κ2) is 7.99. The number of nitrogens with one attached hydrogen (secondary N) is 1. The van der Waals surface area contributed by atoms with Gasteiger partial charge in [-0.2, -0.15) is 0 Å². The first-order chi connectivity index (χ1) is 11.2. The number of likely N-dealkylation sites (tertiary alicyclic amines) is 1. The van der Waals surface area contributed by atoms with Crippen LogP contribution in [0.15, 0.2) is 36.1 Å². The van der Waals surface area contributed by atoms with Crippen molar-refractivity contribution < 1.29 is 0 Å². The molecule has 2 atom stereocenters. The quantitative estimate of drug-likeness (QED) is 0.877. The van der Waals surface area contributed by atoms with Crippen molar-refractivity contribution >= 4 is 11.3 Å². The summed E-state index contributed by atoms with van der Waals surface area (Å²) in [7, 11) is 0. The van der Waals surface area contributed by atoms with Crippen molar-refractivity contribution in [1.82, 2.24) is 20.2 Å². The molecule has 3 heterocycles. The van der Waals surface area contributed by atoms with E-state index in [1.165, 1.54) is 30.8 Å². The van der Waals surface area contributed by atoms with Gasteiger partial charge in [-0.15, -0.1) is 11.3 Å². The summed E-state index contributed by atoms with van der Waals surface area (Å²) in [6.45, 7) is 7.88. The zero-order valence-electron chi connectivity index (χ0n) is 14.0. The average molecular weight is 331 g/mol. The molecule has 1 aliphatic rings. The highest BCUT2D eigenvalue weighted by molar-refractivity contribution is 7.10. The van der Waals surface area contributed by atoms with Crippen LogP contribution in [0.5, 0.6) is 0 Å². The van der Waals surface area contributed by atoms with E-state index in [4.69, 9.17) is 0 Å². The maximum atomic E-state index is 4.41. The molecule has 0 radical (unpaired) electrons. The summed E-state index contributed by atoms with van der Waals surface area (Å²) < 4.78 is 0. The Morgan fingerprint density at radius 1 is 1.35 bits per heavy atom. The highest BCUT2D eigenvalue weighted by Crippen LogP contribution is 2.29. The van der Waals surface area contributed by atoms with Crippen LogP contribution in [0.1, 0.15) is 49.3 Å². The van der Waals surface area contributed by atoms with E-state index in [1.807, 2.05) is 17.5 Å². The standard InChI is InChI=1S/C18H26N4S/c1-14-5-9-22(10-6-14)17(18-4-3-11-23-18)13-21-15(2)16-12-19-7-8-20-16/h3-4,7-8,11-12,14-15,17,21H,5-6,9-10,13H2,1-2H3. The van der Waals surface area contributed by atoms with E-state index < -0.39 is 0 Å². The topological polar surface area (TPSA) is 41.0 Å². The molecule has 0 saturated carbocycles. The van der Waals surface area contributed by atoms with Gasteiger partial charge in [-0.3, -0.25) is 14.9 Å². The molecular weight excluding hydrogens is 304 g/mol. The Hall–Kier alpha value is -1.30. The third-order valence-corrected chi connectivity index (χ3v) is 5.75. The molecule has 0 aromatic carbocycles. The number of thiophene rings is 1. The average Bonchev–Trinajstić information content (AvgIpc) is 3.11. The van der Waals surface area contributed by atoms with E-state index in [0.717, 1.165) is 18.2 Å². The number of rotatable bonds is 6. The molecule has 0 spiro atoms. The molecule has 1 aliphatic heterocycles. The maximum Gasteiger partial charge on any atom is 0.0753 e. The van der Waals surface area contributed by atoms with Gasteiger partial charge in [-0.1, -0.05) is 13.0 Å². The molecule has 1 saturated heterocycles. The lowest BCUT2D eigenvalue weighted by Crippen LogP contribution is -2.40. The van der Waals surface area contributed by atoms with Crippen LogP contribution in [-0.4, -0.2) is 34.5 Å². The monoisotopic (exact) mass is 330 g/mol. The minimum atomic E-state index is 0.217. The Labute approximate surface area is 143 Å². The first-order valence-corrected chi connectivity index (χ1v) is 9.38. The summed E-state index contributed by atoms with van der Waals surface area (Å²) in [5.41, 5.74) is 1.00. The molecule has 1 N–H and O–H groups in total. The lowest BCUT2D eigenvalue weighted by Gasteiger charge is -2.37. The maximum absolute atomic E-state index is 4.41. The second-order valence-electron chi connectivity index (χ2n) is 6.51. The summed E-state index contributed by atoms with van der Waals surface area (Å²) in [4.78, 5) is 12.7. The van der Waals surface area contributed by atoms with Crippen LogP contribution < -0.4 is 5.32 Å². The molecule has 1 fully saturated rings. The third-order valence-electron chi connectivity index (χ3n) is 4.77. The second-order valence-corrected chi connectivity index (χ2v) is 7.49. The van der Waals surface area contributed by atoms with Crippen LogP contribution in [0, 0.1) is 5.92 Å². The zero-order valence-corrected chi connectivity index (χ0v) is 14.8. The largest absolute Gasteiger partial charge is 0.307 e. The van der Waals surface area contributed by atoms with Gasteiger partial charge in [0.25, 0.3) is 0 Å². The zero-order chi connectivity index (χ0) is 16.1. The fourth-order valence-corrected chi connectivity index (χ4v) is 4.02. The van der Waals surface area contributed by atoms with Gasteiger partial charge in [0.2, 0.25) is 0 Å². The Morgan fingerprint density at radius 3 is 2.83 bits per heavy atom. The molecule has 124 valence electrons. The van der Waals surface area contributed by atoms with Crippen LogP contribution in [0.25, 0.3) is 0 Å².